The number of nitrogens with zero attached hydrogens (tertiary/aromatic N) is 1. The van der Waals surface area contributed by atoms with E-state index in [1.807, 2.05) is 0 Å². The molecule has 0 spiro atoms. The topological polar surface area (TPSA) is 37.4 Å². The molecule has 0 aromatic heterocycles. The zero-order chi connectivity index (χ0) is 16.5. The van der Waals surface area contributed by atoms with E-state index in [0.29, 0.717) is 0 Å². The molecule has 22 heavy (non-hydrogen) atoms. The van der Waals surface area contributed by atoms with Gasteiger partial charge >= 0.3 is 6.18 Å². The third-order valence-corrected chi connectivity index (χ3v) is 4.83. The molecule has 0 saturated carbocycles. The van der Waals surface area contributed by atoms with E-state index < -0.39 is 27.6 Å². The lowest BCUT2D eigenvalue weighted by Crippen LogP contribution is -2.26. The van der Waals surface area contributed by atoms with Crippen LogP contribution in [0.15, 0.2) is 53.4 Å². The minimum Gasteiger partial charge on any atom is -0.269 e. The van der Waals surface area contributed by atoms with Crippen molar-refractivity contribution in [2.75, 3.05) is 11.4 Å². The highest BCUT2D eigenvalue weighted by Crippen LogP contribution is 2.31. The van der Waals surface area contributed by atoms with Gasteiger partial charge in [0.25, 0.3) is 10.0 Å². The summed E-state index contributed by atoms with van der Waals surface area (Å²) in [5, 5.41) is 0. The first-order chi connectivity index (χ1) is 10.1. The average Bonchev–Trinajstić information content (AvgIpc) is 2.46. The van der Waals surface area contributed by atoms with Crippen LogP contribution in [-0.4, -0.2) is 15.5 Å². The number of hydrogen-bond acceptors (Lipinski definition) is 2. The third kappa shape index (κ3) is 3.22. The summed E-state index contributed by atoms with van der Waals surface area (Å²) in [6, 6.07) is 7.88. The van der Waals surface area contributed by atoms with Gasteiger partial charge < -0.3 is 0 Å². The monoisotopic (exact) mass is 333 g/mol. The fourth-order valence-corrected chi connectivity index (χ4v) is 2.96. The minimum absolute atomic E-state index is 0.0670. The molecule has 0 aliphatic carbocycles. The molecule has 0 saturated heterocycles. The van der Waals surface area contributed by atoms with Crippen molar-refractivity contribution in [1.82, 2.24) is 0 Å². The zero-order valence-electron chi connectivity index (χ0n) is 11.3. The molecule has 0 aliphatic rings. The molecular weight excluding hydrogens is 322 g/mol. The molecule has 2 aromatic rings. The van der Waals surface area contributed by atoms with Gasteiger partial charge in [0.15, 0.2) is 0 Å². The van der Waals surface area contributed by atoms with Crippen molar-refractivity contribution < 1.29 is 26.0 Å². The lowest BCUT2D eigenvalue weighted by molar-refractivity contribution is -0.137. The Morgan fingerprint density at radius 3 is 1.86 bits per heavy atom. The van der Waals surface area contributed by atoms with Gasteiger partial charge in [-0.25, -0.2) is 12.8 Å². The molecule has 0 heterocycles. The van der Waals surface area contributed by atoms with E-state index in [0.717, 1.165) is 52.8 Å². The standard InChI is InChI=1S/C14H11F4NO2S/c1-19(12-6-2-10(3-7-12)14(16,17)18)22(20,21)13-8-4-11(15)5-9-13/h2-9H,1H3. The van der Waals surface area contributed by atoms with Crippen LogP contribution in [0.5, 0.6) is 0 Å². The Labute approximate surface area is 124 Å². The summed E-state index contributed by atoms with van der Waals surface area (Å²) in [4.78, 5) is -0.156. The molecule has 0 bridgehead atoms. The maximum atomic E-state index is 12.8. The van der Waals surface area contributed by atoms with Gasteiger partial charge in [0.1, 0.15) is 5.82 Å². The third-order valence-electron chi connectivity index (χ3n) is 3.03. The largest absolute Gasteiger partial charge is 0.416 e. The Balaban J connectivity index is 2.34. The van der Waals surface area contributed by atoms with Crippen LogP contribution in [0.2, 0.25) is 0 Å². The molecule has 2 aromatic carbocycles. The Bertz CT molecular complexity index is 753. The van der Waals surface area contributed by atoms with E-state index >= 15 is 0 Å². The quantitative estimate of drug-likeness (QED) is 0.804. The van der Waals surface area contributed by atoms with Gasteiger partial charge in [-0.2, -0.15) is 13.2 Å². The highest BCUT2D eigenvalue weighted by atomic mass is 32.2. The van der Waals surface area contributed by atoms with Crippen molar-refractivity contribution in [3.05, 3.63) is 59.9 Å². The van der Waals surface area contributed by atoms with E-state index in [-0.39, 0.29) is 10.6 Å². The van der Waals surface area contributed by atoms with Crippen molar-refractivity contribution in [2.45, 2.75) is 11.1 Å². The van der Waals surface area contributed by atoms with Gasteiger partial charge in [0, 0.05) is 7.05 Å². The normalized spacial score (nSPS) is 12.2. The molecular formula is C14H11F4NO2S. The van der Waals surface area contributed by atoms with E-state index in [1.54, 1.807) is 0 Å². The number of halogens is 4. The van der Waals surface area contributed by atoms with Crippen molar-refractivity contribution in [3.63, 3.8) is 0 Å². The summed E-state index contributed by atoms with van der Waals surface area (Å²) in [7, 11) is -2.76. The molecule has 8 heteroatoms. The second-order valence-corrected chi connectivity index (χ2v) is 6.44. The first-order valence-electron chi connectivity index (χ1n) is 6.04. The summed E-state index contributed by atoms with van der Waals surface area (Å²) >= 11 is 0. The second kappa shape index (κ2) is 5.60. The Kier molecular flexibility index (Phi) is 4.15. The molecule has 0 unspecified atom stereocenters. The lowest BCUT2D eigenvalue weighted by Gasteiger charge is -2.20. The minimum atomic E-state index is -4.49. The number of hydrogen-bond donors (Lipinski definition) is 0. The van der Waals surface area contributed by atoms with Gasteiger partial charge in [-0.1, -0.05) is 0 Å². The smallest absolute Gasteiger partial charge is 0.269 e. The predicted octanol–water partition coefficient (Wildman–Crippen LogP) is 3.67. The van der Waals surface area contributed by atoms with Crippen LogP contribution < -0.4 is 4.31 Å². The fraction of sp³-hybridized carbons (Fsp3) is 0.143. The van der Waals surface area contributed by atoms with Gasteiger partial charge in [-0.15, -0.1) is 0 Å². The molecule has 3 nitrogen and oxygen atoms in total. The van der Waals surface area contributed by atoms with Crippen molar-refractivity contribution >= 4 is 15.7 Å². The van der Waals surface area contributed by atoms with Crippen LogP contribution in [-0.2, 0) is 16.2 Å². The molecule has 0 N–H and O–H groups in total. The molecule has 2 rings (SSSR count). The summed E-state index contributed by atoms with van der Waals surface area (Å²) < 4.78 is 75.8. The van der Waals surface area contributed by atoms with E-state index in [1.165, 1.54) is 7.05 Å². The Morgan fingerprint density at radius 1 is 0.909 bits per heavy atom. The van der Waals surface area contributed by atoms with Crippen molar-refractivity contribution in [3.8, 4) is 0 Å². The second-order valence-electron chi connectivity index (χ2n) is 4.47. The SMILES string of the molecule is CN(c1ccc(C(F)(F)F)cc1)S(=O)(=O)c1ccc(F)cc1. The van der Waals surface area contributed by atoms with Crippen molar-refractivity contribution in [1.29, 1.82) is 0 Å². The van der Waals surface area contributed by atoms with Gasteiger partial charge in [-0.3, -0.25) is 4.31 Å². The zero-order valence-corrected chi connectivity index (χ0v) is 12.1. The van der Waals surface area contributed by atoms with Gasteiger partial charge in [-0.05, 0) is 48.5 Å². The molecule has 0 amide bonds. The van der Waals surface area contributed by atoms with Crippen LogP contribution in [0.3, 0.4) is 0 Å². The Morgan fingerprint density at radius 2 is 1.41 bits per heavy atom. The lowest BCUT2D eigenvalue weighted by atomic mass is 10.2. The van der Waals surface area contributed by atoms with E-state index in [4.69, 9.17) is 0 Å². The first-order valence-corrected chi connectivity index (χ1v) is 7.48. The Hall–Kier alpha value is -2.09. The van der Waals surface area contributed by atoms with Crippen LogP contribution in [0.25, 0.3) is 0 Å². The fourth-order valence-electron chi connectivity index (χ4n) is 1.76. The van der Waals surface area contributed by atoms with Gasteiger partial charge in [0.05, 0.1) is 16.1 Å². The molecule has 0 radical (unpaired) electrons. The number of alkyl halides is 3. The van der Waals surface area contributed by atoms with Crippen LogP contribution in [0.4, 0.5) is 23.2 Å². The highest BCUT2D eigenvalue weighted by Gasteiger charge is 2.30. The molecule has 118 valence electrons. The van der Waals surface area contributed by atoms with E-state index in [2.05, 4.69) is 0 Å². The molecule has 0 aliphatic heterocycles. The first kappa shape index (κ1) is 16.3. The summed E-state index contributed by atoms with van der Waals surface area (Å²) in [5.41, 5.74) is -0.804. The molecule has 0 atom stereocenters. The summed E-state index contributed by atoms with van der Waals surface area (Å²) in [6.45, 7) is 0. The number of benzene rings is 2. The van der Waals surface area contributed by atoms with Crippen LogP contribution in [0, 0.1) is 5.82 Å². The van der Waals surface area contributed by atoms with Gasteiger partial charge in [0.2, 0.25) is 0 Å². The van der Waals surface area contributed by atoms with Crippen LogP contribution >= 0.6 is 0 Å². The van der Waals surface area contributed by atoms with E-state index in [9.17, 15) is 26.0 Å². The predicted molar refractivity (Wildman–Crippen MR) is 73.4 cm³/mol. The number of sulfonamides is 1. The number of rotatable bonds is 3. The highest BCUT2D eigenvalue weighted by molar-refractivity contribution is 7.92. The number of anilines is 1. The summed E-state index contributed by atoms with van der Waals surface area (Å²) in [6.07, 6.45) is -4.49. The maximum Gasteiger partial charge on any atom is 0.416 e. The molecule has 0 fully saturated rings. The van der Waals surface area contributed by atoms with Crippen LogP contribution in [0.1, 0.15) is 5.56 Å². The van der Waals surface area contributed by atoms with Crippen molar-refractivity contribution in [2.24, 2.45) is 0 Å². The maximum absolute atomic E-state index is 12.8. The summed E-state index contributed by atoms with van der Waals surface area (Å²) in [5.74, 6) is -0.587. The average molecular weight is 333 g/mol.